The van der Waals surface area contributed by atoms with Gasteiger partial charge in [0.15, 0.2) is 0 Å². The summed E-state index contributed by atoms with van der Waals surface area (Å²) in [4.78, 5) is 10.4. The first kappa shape index (κ1) is 17.5. The van der Waals surface area contributed by atoms with Crippen LogP contribution in [0.5, 0.6) is 0 Å². The number of hydrogen-bond acceptors (Lipinski definition) is 1. The van der Waals surface area contributed by atoms with Crippen LogP contribution in [0.4, 0.5) is 0 Å². The minimum atomic E-state index is -0.654. The van der Waals surface area contributed by atoms with Crippen LogP contribution in [0.3, 0.4) is 0 Å². The Kier molecular flexibility index (Phi) is 12.5. The average molecular weight is 256 g/mol. The van der Waals surface area contributed by atoms with Gasteiger partial charge in [-0.15, -0.1) is 0 Å². The van der Waals surface area contributed by atoms with Gasteiger partial charge in [0.25, 0.3) is 0 Å². The molecule has 0 aliphatic rings. The molecule has 0 saturated heterocycles. The fourth-order valence-electron chi connectivity index (χ4n) is 2.59. The van der Waals surface area contributed by atoms with Crippen molar-refractivity contribution in [1.82, 2.24) is 0 Å². The van der Waals surface area contributed by atoms with E-state index in [1.807, 2.05) is 0 Å². The zero-order chi connectivity index (χ0) is 13.6. The van der Waals surface area contributed by atoms with E-state index in [9.17, 15) is 4.79 Å². The summed E-state index contributed by atoms with van der Waals surface area (Å²) < 4.78 is 0. The van der Waals surface area contributed by atoms with Crippen LogP contribution in [0.15, 0.2) is 0 Å². The van der Waals surface area contributed by atoms with Crippen LogP contribution in [0.25, 0.3) is 0 Å². The Morgan fingerprint density at radius 1 is 0.833 bits per heavy atom. The molecule has 0 radical (unpaired) electrons. The van der Waals surface area contributed by atoms with Gasteiger partial charge in [0.1, 0.15) is 0 Å². The zero-order valence-corrected chi connectivity index (χ0v) is 12.4. The third kappa shape index (κ3) is 11.9. The molecule has 1 N–H and O–H groups in total. The van der Waals surface area contributed by atoms with Crippen molar-refractivity contribution in [2.75, 3.05) is 0 Å². The van der Waals surface area contributed by atoms with Crippen molar-refractivity contribution in [3.63, 3.8) is 0 Å². The molecular weight excluding hydrogens is 224 g/mol. The lowest BCUT2D eigenvalue weighted by Crippen LogP contribution is -2.00. The van der Waals surface area contributed by atoms with Crippen molar-refractivity contribution in [2.24, 2.45) is 5.92 Å². The lowest BCUT2D eigenvalue weighted by atomic mass is 9.91. The van der Waals surface area contributed by atoms with E-state index in [0.717, 1.165) is 18.8 Å². The topological polar surface area (TPSA) is 37.3 Å². The van der Waals surface area contributed by atoms with Crippen molar-refractivity contribution in [1.29, 1.82) is 0 Å². The number of carboxylic acids is 1. The van der Waals surface area contributed by atoms with Crippen LogP contribution < -0.4 is 0 Å². The molecule has 1 atom stereocenters. The summed E-state index contributed by atoms with van der Waals surface area (Å²) in [5.74, 6) is 0.263. The highest BCUT2D eigenvalue weighted by Crippen LogP contribution is 2.22. The molecule has 0 heterocycles. The summed E-state index contributed by atoms with van der Waals surface area (Å²) in [7, 11) is 0. The van der Waals surface area contributed by atoms with E-state index in [1.165, 1.54) is 57.8 Å². The van der Waals surface area contributed by atoms with Crippen LogP contribution in [0, 0.1) is 5.92 Å². The van der Waals surface area contributed by atoms with E-state index in [1.54, 1.807) is 0 Å². The third-order valence-corrected chi connectivity index (χ3v) is 3.67. The van der Waals surface area contributed by atoms with Gasteiger partial charge in [0.05, 0.1) is 0 Å². The van der Waals surface area contributed by atoms with E-state index in [-0.39, 0.29) is 0 Å². The third-order valence-electron chi connectivity index (χ3n) is 3.67. The van der Waals surface area contributed by atoms with Crippen molar-refractivity contribution < 1.29 is 9.90 Å². The van der Waals surface area contributed by atoms with Gasteiger partial charge >= 0.3 is 5.97 Å². The molecule has 0 rings (SSSR count). The molecule has 2 nitrogen and oxygen atoms in total. The molecular formula is C16H32O2. The molecule has 0 aromatic heterocycles. The molecule has 0 aromatic carbocycles. The quantitative estimate of drug-likeness (QED) is 0.447. The number of rotatable bonds is 13. The second-order valence-corrected chi connectivity index (χ2v) is 5.50. The van der Waals surface area contributed by atoms with Crippen LogP contribution in [-0.2, 0) is 4.79 Å². The summed E-state index contributed by atoms with van der Waals surface area (Å²) in [5, 5.41) is 8.55. The molecule has 0 aliphatic heterocycles. The van der Waals surface area contributed by atoms with E-state index < -0.39 is 5.97 Å². The van der Waals surface area contributed by atoms with Gasteiger partial charge in [0, 0.05) is 6.42 Å². The standard InChI is InChI=1S/C16H32O2/c1-3-5-8-12-15(11-4-2)13-9-6-7-10-14-16(17)18/h15H,3-14H2,1-2H3,(H,17,18). The van der Waals surface area contributed by atoms with Crippen LogP contribution in [-0.4, -0.2) is 11.1 Å². The number of unbranched alkanes of at least 4 members (excludes halogenated alkanes) is 5. The lowest BCUT2D eigenvalue weighted by Gasteiger charge is -2.15. The average Bonchev–Trinajstić information content (AvgIpc) is 2.33. The molecule has 0 amide bonds. The number of hydrogen-bond donors (Lipinski definition) is 1. The second kappa shape index (κ2) is 12.9. The molecule has 108 valence electrons. The number of aliphatic carboxylic acids is 1. The van der Waals surface area contributed by atoms with Crippen LogP contribution in [0.2, 0.25) is 0 Å². The lowest BCUT2D eigenvalue weighted by molar-refractivity contribution is -0.137. The molecule has 0 saturated carbocycles. The van der Waals surface area contributed by atoms with Crippen molar-refractivity contribution in [3.8, 4) is 0 Å². The van der Waals surface area contributed by atoms with Crippen molar-refractivity contribution in [2.45, 2.75) is 90.9 Å². The monoisotopic (exact) mass is 256 g/mol. The maximum absolute atomic E-state index is 10.4. The Bertz CT molecular complexity index is 190. The summed E-state index contributed by atoms with van der Waals surface area (Å²) in [5.41, 5.74) is 0. The molecule has 0 fully saturated rings. The van der Waals surface area contributed by atoms with Gasteiger partial charge in [-0.1, -0.05) is 78.1 Å². The second-order valence-electron chi connectivity index (χ2n) is 5.50. The smallest absolute Gasteiger partial charge is 0.303 e. The van der Waals surface area contributed by atoms with Gasteiger partial charge in [-0.25, -0.2) is 0 Å². The molecule has 0 bridgehead atoms. The van der Waals surface area contributed by atoms with E-state index in [0.29, 0.717) is 6.42 Å². The SMILES string of the molecule is CCCCCC(CCC)CCCCCCC(=O)O. The largest absolute Gasteiger partial charge is 0.481 e. The maximum Gasteiger partial charge on any atom is 0.303 e. The van der Waals surface area contributed by atoms with E-state index in [2.05, 4.69) is 13.8 Å². The Morgan fingerprint density at radius 2 is 1.44 bits per heavy atom. The van der Waals surface area contributed by atoms with Crippen LogP contribution >= 0.6 is 0 Å². The first-order valence-corrected chi connectivity index (χ1v) is 7.92. The predicted octanol–water partition coefficient (Wildman–Crippen LogP) is 5.41. The molecule has 0 aromatic rings. The fourth-order valence-corrected chi connectivity index (χ4v) is 2.59. The van der Waals surface area contributed by atoms with Crippen molar-refractivity contribution in [3.05, 3.63) is 0 Å². The van der Waals surface area contributed by atoms with Gasteiger partial charge in [-0.2, -0.15) is 0 Å². The first-order chi connectivity index (χ1) is 8.70. The zero-order valence-electron chi connectivity index (χ0n) is 12.4. The molecule has 1 unspecified atom stereocenters. The molecule has 2 heteroatoms. The molecule has 0 spiro atoms. The minimum absolute atomic E-state index is 0.342. The van der Waals surface area contributed by atoms with Gasteiger partial charge in [-0.05, 0) is 12.3 Å². The highest BCUT2D eigenvalue weighted by molar-refractivity contribution is 5.66. The van der Waals surface area contributed by atoms with Crippen LogP contribution in [0.1, 0.15) is 90.9 Å². The highest BCUT2D eigenvalue weighted by atomic mass is 16.4. The van der Waals surface area contributed by atoms with Gasteiger partial charge in [0.2, 0.25) is 0 Å². The summed E-state index contributed by atoms with van der Waals surface area (Å²) in [6.45, 7) is 4.54. The number of carboxylic acid groups (broad SMARTS) is 1. The Balaban J connectivity index is 3.47. The Hall–Kier alpha value is -0.530. The highest BCUT2D eigenvalue weighted by Gasteiger charge is 2.07. The summed E-state index contributed by atoms with van der Waals surface area (Å²) >= 11 is 0. The van der Waals surface area contributed by atoms with Gasteiger partial charge < -0.3 is 5.11 Å². The van der Waals surface area contributed by atoms with E-state index in [4.69, 9.17) is 5.11 Å². The van der Waals surface area contributed by atoms with E-state index >= 15 is 0 Å². The predicted molar refractivity (Wildman–Crippen MR) is 77.9 cm³/mol. The molecule has 18 heavy (non-hydrogen) atoms. The summed E-state index contributed by atoms with van der Waals surface area (Å²) in [6, 6.07) is 0. The van der Waals surface area contributed by atoms with Gasteiger partial charge in [-0.3, -0.25) is 4.79 Å². The Morgan fingerprint density at radius 3 is 2.00 bits per heavy atom. The Labute approximate surface area is 113 Å². The molecule has 0 aliphatic carbocycles. The summed E-state index contributed by atoms with van der Waals surface area (Å²) in [6.07, 6.45) is 14.3. The fraction of sp³-hybridized carbons (Fsp3) is 0.938. The van der Waals surface area contributed by atoms with Crippen molar-refractivity contribution >= 4 is 5.97 Å². The first-order valence-electron chi connectivity index (χ1n) is 7.92. The number of carbonyl (C=O) groups is 1. The maximum atomic E-state index is 10.4. The normalized spacial score (nSPS) is 12.6. The minimum Gasteiger partial charge on any atom is -0.481 e.